The molecule has 204 valence electrons. The van der Waals surface area contributed by atoms with Crippen LogP contribution >= 0.6 is 31.9 Å². The summed E-state index contributed by atoms with van der Waals surface area (Å²) in [5.41, 5.74) is 1.01. The van der Waals surface area contributed by atoms with Crippen LogP contribution in [0.2, 0.25) is 0 Å². The lowest BCUT2D eigenvalue weighted by Gasteiger charge is -2.13. The van der Waals surface area contributed by atoms with Gasteiger partial charge in [-0.3, -0.25) is 9.59 Å². The fourth-order valence-corrected chi connectivity index (χ4v) is 4.44. The van der Waals surface area contributed by atoms with E-state index in [2.05, 4.69) is 56.3 Å². The molecular formula is C29H40Br2N2O4. The number of halogens is 2. The largest absolute Gasteiger partial charge is 0.493 e. The third-order valence-electron chi connectivity index (χ3n) is 5.81. The minimum Gasteiger partial charge on any atom is -0.493 e. The Labute approximate surface area is 238 Å². The van der Waals surface area contributed by atoms with Crippen LogP contribution in [-0.2, 0) is 0 Å². The SMILES string of the molecule is CCCCCCOc1ccc(Br)cc1C(=O)NCCCNC(=O)c1cc(Br)ccc1OCCCCCC. The molecule has 0 atom stereocenters. The zero-order chi connectivity index (χ0) is 26.9. The summed E-state index contributed by atoms with van der Waals surface area (Å²) in [6, 6.07) is 10.9. The number of amides is 2. The molecule has 0 spiro atoms. The summed E-state index contributed by atoms with van der Waals surface area (Å²) in [7, 11) is 0. The zero-order valence-electron chi connectivity index (χ0n) is 22.0. The number of rotatable bonds is 18. The standard InChI is InChI=1S/C29H40Br2N2O4/c1-3-5-7-9-18-36-26-14-12-22(30)20-24(26)28(34)32-16-11-17-33-29(35)25-21-23(31)13-15-27(25)37-19-10-8-6-4-2/h12-15,20-21H,3-11,16-19H2,1-2H3,(H,32,34)(H,33,35). The van der Waals surface area contributed by atoms with Gasteiger partial charge in [0.05, 0.1) is 24.3 Å². The van der Waals surface area contributed by atoms with Crippen molar-refractivity contribution in [3.63, 3.8) is 0 Å². The summed E-state index contributed by atoms with van der Waals surface area (Å²) >= 11 is 6.88. The molecule has 2 N–H and O–H groups in total. The molecular weight excluding hydrogens is 600 g/mol. The van der Waals surface area contributed by atoms with Gasteiger partial charge in [0.2, 0.25) is 0 Å². The van der Waals surface area contributed by atoms with E-state index in [-0.39, 0.29) is 11.8 Å². The Morgan fingerprint density at radius 1 is 0.649 bits per heavy atom. The molecule has 0 aliphatic heterocycles. The van der Waals surface area contributed by atoms with Crippen molar-refractivity contribution >= 4 is 43.7 Å². The number of carbonyl (C=O) groups excluding carboxylic acids is 2. The van der Waals surface area contributed by atoms with E-state index in [0.717, 1.165) is 34.6 Å². The lowest BCUT2D eigenvalue weighted by Crippen LogP contribution is -2.30. The van der Waals surface area contributed by atoms with Gasteiger partial charge in [0.15, 0.2) is 0 Å². The Balaban J connectivity index is 1.80. The molecule has 6 nitrogen and oxygen atoms in total. The molecule has 0 aliphatic carbocycles. The maximum Gasteiger partial charge on any atom is 0.255 e. The first-order valence-corrected chi connectivity index (χ1v) is 15.0. The van der Waals surface area contributed by atoms with Crippen molar-refractivity contribution < 1.29 is 19.1 Å². The van der Waals surface area contributed by atoms with Crippen molar-refractivity contribution in [2.24, 2.45) is 0 Å². The molecule has 0 bridgehead atoms. The van der Waals surface area contributed by atoms with E-state index in [1.54, 1.807) is 12.1 Å². The number of nitrogens with one attached hydrogen (secondary N) is 2. The first-order chi connectivity index (χ1) is 18.0. The third-order valence-corrected chi connectivity index (χ3v) is 6.79. The minimum absolute atomic E-state index is 0.193. The third kappa shape index (κ3) is 11.9. The van der Waals surface area contributed by atoms with Gasteiger partial charge in [-0.25, -0.2) is 0 Å². The molecule has 0 heterocycles. The Bertz CT molecular complexity index is 907. The van der Waals surface area contributed by atoms with E-state index >= 15 is 0 Å². The second kappa shape index (κ2) is 18.2. The van der Waals surface area contributed by atoms with Crippen LogP contribution in [0.4, 0.5) is 0 Å². The number of benzene rings is 2. The molecule has 2 aromatic rings. The molecule has 2 amide bonds. The molecule has 0 saturated heterocycles. The Morgan fingerprint density at radius 3 is 1.49 bits per heavy atom. The highest BCUT2D eigenvalue weighted by Crippen LogP contribution is 2.25. The molecule has 0 saturated carbocycles. The van der Waals surface area contributed by atoms with Crippen LogP contribution in [-0.4, -0.2) is 38.1 Å². The van der Waals surface area contributed by atoms with E-state index in [0.29, 0.717) is 55.4 Å². The highest BCUT2D eigenvalue weighted by Gasteiger charge is 2.15. The first-order valence-electron chi connectivity index (χ1n) is 13.4. The summed E-state index contributed by atoms with van der Waals surface area (Å²) in [5.74, 6) is 0.786. The lowest BCUT2D eigenvalue weighted by molar-refractivity contribution is 0.0948. The van der Waals surface area contributed by atoms with Crippen LogP contribution < -0.4 is 20.1 Å². The van der Waals surface area contributed by atoms with Crippen molar-refractivity contribution in [1.82, 2.24) is 10.6 Å². The maximum absolute atomic E-state index is 12.8. The van der Waals surface area contributed by atoms with Crippen molar-refractivity contribution in [2.75, 3.05) is 26.3 Å². The van der Waals surface area contributed by atoms with Crippen LogP contribution in [0.15, 0.2) is 45.3 Å². The van der Waals surface area contributed by atoms with Gasteiger partial charge in [0.25, 0.3) is 11.8 Å². The van der Waals surface area contributed by atoms with Crippen molar-refractivity contribution in [3.8, 4) is 11.5 Å². The number of unbranched alkanes of at least 4 members (excludes halogenated alkanes) is 6. The topological polar surface area (TPSA) is 76.7 Å². The predicted molar refractivity (Wildman–Crippen MR) is 157 cm³/mol. The fraction of sp³-hybridized carbons (Fsp3) is 0.517. The molecule has 0 unspecified atom stereocenters. The minimum atomic E-state index is -0.193. The molecule has 0 aromatic heterocycles. The average molecular weight is 640 g/mol. The normalized spacial score (nSPS) is 10.7. The number of carbonyl (C=O) groups is 2. The summed E-state index contributed by atoms with van der Waals surface area (Å²) in [5, 5.41) is 5.87. The predicted octanol–water partition coefficient (Wildman–Crippen LogP) is 7.68. The van der Waals surface area contributed by atoms with E-state index < -0.39 is 0 Å². The quantitative estimate of drug-likeness (QED) is 0.164. The van der Waals surface area contributed by atoms with E-state index in [4.69, 9.17) is 9.47 Å². The summed E-state index contributed by atoms with van der Waals surface area (Å²) in [6.07, 6.45) is 9.47. The highest BCUT2D eigenvalue weighted by molar-refractivity contribution is 9.10. The van der Waals surface area contributed by atoms with Crippen molar-refractivity contribution in [1.29, 1.82) is 0 Å². The van der Waals surface area contributed by atoms with E-state index in [9.17, 15) is 9.59 Å². The highest BCUT2D eigenvalue weighted by atomic mass is 79.9. The van der Waals surface area contributed by atoms with Gasteiger partial charge >= 0.3 is 0 Å². The van der Waals surface area contributed by atoms with Gasteiger partial charge in [-0.05, 0) is 55.7 Å². The van der Waals surface area contributed by atoms with Crippen molar-refractivity contribution in [2.45, 2.75) is 71.6 Å². The van der Waals surface area contributed by atoms with Gasteiger partial charge in [0, 0.05) is 22.0 Å². The smallest absolute Gasteiger partial charge is 0.255 e. The van der Waals surface area contributed by atoms with Crippen LogP contribution in [0.1, 0.15) is 92.4 Å². The Morgan fingerprint density at radius 2 is 1.08 bits per heavy atom. The Kier molecular flexibility index (Phi) is 15.4. The first kappa shape index (κ1) is 31.2. The molecule has 8 heteroatoms. The number of ether oxygens (including phenoxy) is 2. The molecule has 2 aromatic carbocycles. The van der Waals surface area contributed by atoms with Gasteiger partial charge < -0.3 is 20.1 Å². The lowest BCUT2D eigenvalue weighted by atomic mass is 10.1. The van der Waals surface area contributed by atoms with Crippen LogP contribution in [0.5, 0.6) is 11.5 Å². The number of hydrogen-bond donors (Lipinski definition) is 2. The van der Waals surface area contributed by atoms with Gasteiger partial charge in [-0.2, -0.15) is 0 Å². The Hall–Kier alpha value is -2.06. The maximum atomic E-state index is 12.8. The van der Waals surface area contributed by atoms with Crippen molar-refractivity contribution in [3.05, 3.63) is 56.5 Å². The fourth-order valence-electron chi connectivity index (χ4n) is 3.72. The summed E-state index contributed by atoms with van der Waals surface area (Å²) in [6.45, 7) is 6.39. The van der Waals surface area contributed by atoms with Crippen LogP contribution in [0.3, 0.4) is 0 Å². The monoisotopic (exact) mass is 638 g/mol. The van der Waals surface area contributed by atoms with Gasteiger partial charge in [-0.1, -0.05) is 84.2 Å². The van der Waals surface area contributed by atoms with E-state index in [1.165, 1.54) is 25.7 Å². The molecule has 2 rings (SSSR count). The van der Waals surface area contributed by atoms with Crippen LogP contribution in [0.25, 0.3) is 0 Å². The zero-order valence-corrected chi connectivity index (χ0v) is 25.2. The second-order valence-electron chi connectivity index (χ2n) is 8.96. The second-order valence-corrected chi connectivity index (χ2v) is 10.8. The van der Waals surface area contributed by atoms with Gasteiger partial charge in [-0.15, -0.1) is 0 Å². The molecule has 0 fully saturated rings. The summed E-state index contributed by atoms with van der Waals surface area (Å²) < 4.78 is 13.4. The molecule has 37 heavy (non-hydrogen) atoms. The number of hydrogen-bond acceptors (Lipinski definition) is 4. The van der Waals surface area contributed by atoms with Crippen LogP contribution in [0, 0.1) is 0 Å². The molecule has 0 radical (unpaired) electrons. The van der Waals surface area contributed by atoms with E-state index in [1.807, 2.05) is 24.3 Å². The average Bonchev–Trinajstić information content (AvgIpc) is 2.89. The van der Waals surface area contributed by atoms with Gasteiger partial charge in [0.1, 0.15) is 11.5 Å². The molecule has 0 aliphatic rings. The summed E-state index contributed by atoms with van der Waals surface area (Å²) in [4.78, 5) is 25.6.